The molecule has 1 heterocycles. The topological polar surface area (TPSA) is 50.9 Å². The summed E-state index contributed by atoms with van der Waals surface area (Å²) in [7, 11) is 0. The second-order valence-corrected chi connectivity index (χ2v) is 5.83. The SMILES string of the molecule is CCC1CCCCC1Nc1ccc(N)c2cnccc12. The zero-order chi connectivity index (χ0) is 13.9. The molecule has 0 bridgehead atoms. The predicted octanol–water partition coefficient (Wildman–Crippen LogP) is 4.20. The molecule has 3 N–H and O–H groups in total. The summed E-state index contributed by atoms with van der Waals surface area (Å²) in [6.45, 7) is 2.30. The summed E-state index contributed by atoms with van der Waals surface area (Å²) in [4.78, 5) is 4.18. The number of fused-ring (bicyclic) bond motifs is 1. The second kappa shape index (κ2) is 5.70. The first-order valence-corrected chi connectivity index (χ1v) is 7.68. The van der Waals surface area contributed by atoms with Gasteiger partial charge in [-0.25, -0.2) is 0 Å². The number of benzene rings is 1. The van der Waals surface area contributed by atoms with Crippen molar-refractivity contribution < 1.29 is 0 Å². The molecule has 3 nitrogen and oxygen atoms in total. The molecule has 1 fully saturated rings. The number of nitrogens with zero attached hydrogens (tertiary/aromatic N) is 1. The van der Waals surface area contributed by atoms with Crippen LogP contribution in [0, 0.1) is 5.92 Å². The van der Waals surface area contributed by atoms with Gasteiger partial charge < -0.3 is 11.1 Å². The predicted molar refractivity (Wildman–Crippen MR) is 85.8 cm³/mol. The Bertz CT molecular complexity index is 594. The molecule has 1 saturated carbocycles. The molecule has 1 aliphatic carbocycles. The maximum atomic E-state index is 6.04. The molecule has 1 aliphatic rings. The number of aromatic nitrogens is 1. The third-order valence-electron chi connectivity index (χ3n) is 4.63. The standard InChI is InChI=1S/C17H23N3/c1-2-12-5-3-4-6-16(12)20-17-8-7-15(18)14-11-19-10-9-13(14)17/h7-12,16,20H,2-6,18H2,1H3. The van der Waals surface area contributed by atoms with Crippen LogP contribution < -0.4 is 11.1 Å². The number of hydrogen-bond acceptors (Lipinski definition) is 3. The Morgan fingerprint density at radius 2 is 2.05 bits per heavy atom. The van der Waals surface area contributed by atoms with E-state index in [-0.39, 0.29) is 0 Å². The molecule has 3 rings (SSSR count). The Hall–Kier alpha value is -1.77. The lowest BCUT2D eigenvalue weighted by atomic mass is 9.82. The summed E-state index contributed by atoms with van der Waals surface area (Å²) in [6, 6.07) is 6.74. The van der Waals surface area contributed by atoms with Gasteiger partial charge in [-0.1, -0.05) is 26.2 Å². The van der Waals surface area contributed by atoms with E-state index in [1.165, 1.54) is 43.2 Å². The maximum Gasteiger partial charge on any atom is 0.0424 e. The van der Waals surface area contributed by atoms with Crippen LogP contribution in [0.2, 0.25) is 0 Å². The van der Waals surface area contributed by atoms with Gasteiger partial charge in [0.05, 0.1) is 0 Å². The highest BCUT2D eigenvalue weighted by atomic mass is 14.9. The van der Waals surface area contributed by atoms with E-state index >= 15 is 0 Å². The van der Waals surface area contributed by atoms with Crippen LogP contribution in [0.4, 0.5) is 11.4 Å². The first-order valence-electron chi connectivity index (χ1n) is 7.68. The minimum absolute atomic E-state index is 0.591. The molecule has 20 heavy (non-hydrogen) atoms. The minimum Gasteiger partial charge on any atom is -0.398 e. The van der Waals surface area contributed by atoms with Crippen LogP contribution in [0.3, 0.4) is 0 Å². The highest BCUT2D eigenvalue weighted by Gasteiger charge is 2.23. The van der Waals surface area contributed by atoms with E-state index in [0.29, 0.717) is 6.04 Å². The fraction of sp³-hybridized carbons (Fsp3) is 0.471. The first-order chi connectivity index (χ1) is 9.79. The van der Waals surface area contributed by atoms with Gasteiger partial charge in [0, 0.05) is 40.6 Å². The molecule has 0 amide bonds. The lowest BCUT2D eigenvalue weighted by molar-refractivity contribution is 0.317. The summed E-state index contributed by atoms with van der Waals surface area (Å²) >= 11 is 0. The fourth-order valence-corrected chi connectivity index (χ4v) is 3.42. The molecule has 0 spiro atoms. The Morgan fingerprint density at radius 3 is 2.90 bits per heavy atom. The molecule has 0 saturated heterocycles. The third kappa shape index (κ3) is 2.45. The third-order valence-corrected chi connectivity index (χ3v) is 4.63. The average Bonchev–Trinajstić information content (AvgIpc) is 2.51. The van der Waals surface area contributed by atoms with Crippen molar-refractivity contribution in [1.82, 2.24) is 4.98 Å². The van der Waals surface area contributed by atoms with Crippen molar-refractivity contribution in [1.29, 1.82) is 0 Å². The largest absolute Gasteiger partial charge is 0.398 e. The number of pyridine rings is 1. The van der Waals surface area contributed by atoms with Gasteiger partial charge in [0.2, 0.25) is 0 Å². The van der Waals surface area contributed by atoms with Gasteiger partial charge in [-0.05, 0) is 37.0 Å². The molecular formula is C17H23N3. The van der Waals surface area contributed by atoms with Crippen molar-refractivity contribution in [2.75, 3.05) is 11.1 Å². The highest BCUT2D eigenvalue weighted by molar-refractivity contribution is 6.00. The summed E-state index contributed by atoms with van der Waals surface area (Å²) in [6.07, 6.45) is 10.3. The van der Waals surface area contributed by atoms with Crippen LogP contribution in [0.25, 0.3) is 10.8 Å². The van der Waals surface area contributed by atoms with Crippen molar-refractivity contribution in [2.24, 2.45) is 5.92 Å². The Kier molecular flexibility index (Phi) is 3.77. The summed E-state index contributed by atoms with van der Waals surface area (Å²) in [5, 5.41) is 5.99. The van der Waals surface area contributed by atoms with Crippen LogP contribution >= 0.6 is 0 Å². The molecular weight excluding hydrogens is 246 g/mol. The normalized spacial score (nSPS) is 22.9. The number of anilines is 2. The molecule has 1 aromatic heterocycles. The zero-order valence-corrected chi connectivity index (χ0v) is 12.1. The van der Waals surface area contributed by atoms with Crippen LogP contribution in [0.1, 0.15) is 39.0 Å². The Balaban J connectivity index is 1.92. The van der Waals surface area contributed by atoms with Crippen LogP contribution in [-0.4, -0.2) is 11.0 Å². The summed E-state index contributed by atoms with van der Waals surface area (Å²) in [5.74, 6) is 0.790. The lowest BCUT2D eigenvalue weighted by Gasteiger charge is -2.32. The molecule has 1 aromatic carbocycles. The number of nitrogens with one attached hydrogen (secondary N) is 1. The summed E-state index contributed by atoms with van der Waals surface area (Å²) in [5.41, 5.74) is 8.04. The van der Waals surface area contributed by atoms with Crippen molar-refractivity contribution in [3.8, 4) is 0 Å². The molecule has 0 radical (unpaired) electrons. The van der Waals surface area contributed by atoms with E-state index in [1.807, 2.05) is 18.5 Å². The van der Waals surface area contributed by atoms with Gasteiger partial charge in [-0.3, -0.25) is 4.98 Å². The van der Waals surface area contributed by atoms with Gasteiger partial charge >= 0.3 is 0 Å². The number of nitrogens with two attached hydrogens (primary N) is 1. The minimum atomic E-state index is 0.591. The highest BCUT2D eigenvalue weighted by Crippen LogP contribution is 2.33. The summed E-state index contributed by atoms with van der Waals surface area (Å²) < 4.78 is 0. The maximum absolute atomic E-state index is 6.04. The quantitative estimate of drug-likeness (QED) is 0.821. The smallest absolute Gasteiger partial charge is 0.0424 e. The first kappa shape index (κ1) is 13.2. The molecule has 3 heteroatoms. The van der Waals surface area contributed by atoms with Gasteiger partial charge in [-0.2, -0.15) is 0 Å². The zero-order valence-electron chi connectivity index (χ0n) is 12.1. The van der Waals surface area contributed by atoms with Gasteiger partial charge in [0.25, 0.3) is 0 Å². The van der Waals surface area contributed by atoms with E-state index in [9.17, 15) is 0 Å². The van der Waals surface area contributed by atoms with Crippen LogP contribution in [-0.2, 0) is 0 Å². The van der Waals surface area contributed by atoms with Crippen LogP contribution in [0.5, 0.6) is 0 Å². The van der Waals surface area contributed by atoms with E-state index < -0.39 is 0 Å². The number of rotatable bonds is 3. The van der Waals surface area contributed by atoms with Crippen molar-refractivity contribution in [3.63, 3.8) is 0 Å². The molecule has 2 unspecified atom stereocenters. The van der Waals surface area contributed by atoms with E-state index in [0.717, 1.165) is 17.0 Å². The Morgan fingerprint density at radius 1 is 1.20 bits per heavy atom. The van der Waals surface area contributed by atoms with Gasteiger partial charge in [0.15, 0.2) is 0 Å². The molecule has 2 atom stereocenters. The van der Waals surface area contributed by atoms with E-state index in [4.69, 9.17) is 5.73 Å². The van der Waals surface area contributed by atoms with Crippen molar-refractivity contribution in [2.45, 2.75) is 45.1 Å². The Labute approximate surface area is 120 Å². The van der Waals surface area contributed by atoms with E-state index in [1.54, 1.807) is 0 Å². The molecule has 106 valence electrons. The molecule has 2 aromatic rings. The van der Waals surface area contributed by atoms with E-state index in [2.05, 4.69) is 29.4 Å². The lowest BCUT2D eigenvalue weighted by Crippen LogP contribution is -2.31. The van der Waals surface area contributed by atoms with Crippen molar-refractivity contribution in [3.05, 3.63) is 30.6 Å². The second-order valence-electron chi connectivity index (χ2n) is 5.83. The average molecular weight is 269 g/mol. The molecule has 0 aliphatic heterocycles. The number of nitrogen functional groups attached to an aromatic ring is 1. The van der Waals surface area contributed by atoms with Gasteiger partial charge in [0.1, 0.15) is 0 Å². The number of hydrogen-bond donors (Lipinski definition) is 2. The van der Waals surface area contributed by atoms with Gasteiger partial charge in [-0.15, -0.1) is 0 Å². The van der Waals surface area contributed by atoms with Crippen molar-refractivity contribution >= 4 is 22.1 Å². The fourth-order valence-electron chi connectivity index (χ4n) is 3.42. The van der Waals surface area contributed by atoms with Crippen LogP contribution in [0.15, 0.2) is 30.6 Å². The monoisotopic (exact) mass is 269 g/mol.